The van der Waals surface area contributed by atoms with Crippen molar-refractivity contribution in [1.82, 2.24) is 0 Å². The van der Waals surface area contributed by atoms with Crippen LogP contribution in [-0.4, -0.2) is 20.3 Å². The average molecular weight is 235 g/mol. The molecule has 0 radical (unpaired) electrons. The zero-order chi connectivity index (χ0) is 12.3. The van der Waals surface area contributed by atoms with Crippen molar-refractivity contribution < 1.29 is 9.47 Å². The van der Waals surface area contributed by atoms with E-state index in [9.17, 15) is 0 Å². The average Bonchev–Trinajstić information content (AvgIpc) is 2.39. The van der Waals surface area contributed by atoms with Crippen molar-refractivity contribution in [3.63, 3.8) is 0 Å². The highest BCUT2D eigenvalue weighted by Crippen LogP contribution is 2.33. The molecule has 1 heterocycles. The van der Waals surface area contributed by atoms with E-state index in [0.29, 0.717) is 5.92 Å². The van der Waals surface area contributed by atoms with Gasteiger partial charge in [-0.3, -0.25) is 0 Å². The van der Waals surface area contributed by atoms with Crippen molar-refractivity contribution in [1.29, 1.82) is 0 Å². The maximum absolute atomic E-state index is 6.36. The van der Waals surface area contributed by atoms with Gasteiger partial charge in [0.05, 0.1) is 7.11 Å². The van der Waals surface area contributed by atoms with Crippen molar-refractivity contribution in [3.8, 4) is 5.75 Å². The number of hydrogen-bond donors (Lipinski definition) is 1. The lowest BCUT2D eigenvalue weighted by Gasteiger charge is -2.28. The first-order chi connectivity index (χ1) is 8.22. The molecule has 1 saturated heterocycles. The first-order valence-electron chi connectivity index (χ1n) is 6.20. The van der Waals surface area contributed by atoms with Crippen molar-refractivity contribution in [2.45, 2.75) is 25.8 Å². The molecule has 1 unspecified atom stereocenters. The highest BCUT2D eigenvalue weighted by atomic mass is 16.5. The zero-order valence-electron chi connectivity index (χ0n) is 10.6. The minimum absolute atomic E-state index is 0.0504. The molecule has 2 rings (SSSR count). The van der Waals surface area contributed by atoms with Crippen LogP contribution in [0.25, 0.3) is 0 Å². The zero-order valence-corrected chi connectivity index (χ0v) is 10.6. The molecule has 94 valence electrons. The molecule has 0 bridgehead atoms. The molecular formula is C14H21NO2. The summed E-state index contributed by atoms with van der Waals surface area (Å²) in [5.74, 6) is 1.41. The summed E-state index contributed by atoms with van der Waals surface area (Å²) in [6.45, 7) is 3.71. The van der Waals surface area contributed by atoms with Gasteiger partial charge in [-0.05, 0) is 37.3 Å². The molecular weight excluding hydrogens is 214 g/mol. The van der Waals surface area contributed by atoms with Crippen molar-refractivity contribution >= 4 is 0 Å². The van der Waals surface area contributed by atoms with E-state index in [2.05, 4.69) is 25.1 Å². The molecule has 0 aromatic heterocycles. The quantitative estimate of drug-likeness (QED) is 0.875. The highest BCUT2D eigenvalue weighted by Gasteiger charge is 2.24. The van der Waals surface area contributed by atoms with E-state index in [0.717, 1.165) is 37.4 Å². The maximum Gasteiger partial charge on any atom is 0.123 e. The summed E-state index contributed by atoms with van der Waals surface area (Å²) in [5.41, 5.74) is 8.68. The minimum atomic E-state index is 0.0504. The number of methoxy groups -OCH3 is 1. The van der Waals surface area contributed by atoms with E-state index in [-0.39, 0.29) is 6.04 Å². The molecule has 2 N–H and O–H groups in total. The van der Waals surface area contributed by atoms with Crippen LogP contribution in [0.4, 0.5) is 0 Å². The van der Waals surface area contributed by atoms with Gasteiger partial charge in [-0.1, -0.05) is 12.1 Å². The summed E-state index contributed by atoms with van der Waals surface area (Å²) in [7, 11) is 1.70. The van der Waals surface area contributed by atoms with Crippen LogP contribution in [0.15, 0.2) is 18.2 Å². The molecule has 3 heteroatoms. The van der Waals surface area contributed by atoms with Gasteiger partial charge in [-0.25, -0.2) is 0 Å². The Bertz CT molecular complexity index is 372. The molecule has 1 fully saturated rings. The summed E-state index contributed by atoms with van der Waals surface area (Å²) in [6.07, 6.45) is 2.08. The highest BCUT2D eigenvalue weighted by molar-refractivity contribution is 5.39. The lowest BCUT2D eigenvalue weighted by atomic mass is 9.87. The van der Waals surface area contributed by atoms with E-state index < -0.39 is 0 Å². The van der Waals surface area contributed by atoms with Crippen LogP contribution in [0.5, 0.6) is 5.75 Å². The van der Waals surface area contributed by atoms with Crippen LogP contribution in [0.2, 0.25) is 0 Å². The number of hydrogen-bond acceptors (Lipinski definition) is 3. The molecule has 1 aromatic carbocycles. The van der Waals surface area contributed by atoms with Crippen molar-refractivity contribution in [2.75, 3.05) is 20.3 Å². The Hall–Kier alpha value is -1.06. The molecule has 1 aromatic rings. The normalized spacial score (nSPS) is 19.0. The Kier molecular flexibility index (Phi) is 4.02. The molecule has 0 saturated carbocycles. The molecule has 0 amide bonds. The van der Waals surface area contributed by atoms with E-state index >= 15 is 0 Å². The van der Waals surface area contributed by atoms with Gasteiger partial charge < -0.3 is 15.2 Å². The molecule has 1 atom stereocenters. The first-order valence-corrected chi connectivity index (χ1v) is 6.20. The molecule has 1 aliphatic rings. The van der Waals surface area contributed by atoms with Gasteiger partial charge in [0.1, 0.15) is 5.75 Å². The van der Waals surface area contributed by atoms with E-state index in [4.69, 9.17) is 15.2 Å². The van der Waals surface area contributed by atoms with Gasteiger partial charge in [0.25, 0.3) is 0 Å². The van der Waals surface area contributed by atoms with Gasteiger partial charge in [0.15, 0.2) is 0 Å². The van der Waals surface area contributed by atoms with Crippen LogP contribution in [0, 0.1) is 12.8 Å². The number of rotatable bonds is 3. The maximum atomic E-state index is 6.36. The second kappa shape index (κ2) is 5.52. The van der Waals surface area contributed by atoms with Gasteiger partial charge in [-0.2, -0.15) is 0 Å². The fourth-order valence-electron chi connectivity index (χ4n) is 2.42. The van der Waals surface area contributed by atoms with E-state index in [1.165, 1.54) is 5.56 Å². The largest absolute Gasteiger partial charge is 0.496 e. The number of nitrogens with two attached hydrogens (primary N) is 1. The van der Waals surface area contributed by atoms with E-state index in [1.54, 1.807) is 7.11 Å². The van der Waals surface area contributed by atoms with Crippen LogP contribution in [0.3, 0.4) is 0 Å². The Morgan fingerprint density at radius 1 is 1.35 bits per heavy atom. The third kappa shape index (κ3) is 2.79. The summed E-state index contributed by atoms with van der Waals surface area (Å²) < 4.78 is 10.8. The van der Waals surface area contributed by atoms with Crippen LogP contribution >= 0.6 is 0 Å². The number of aryl methyl sites for hydroxylation is 1. The first kappa shape index (κ1) is 12.4. The molecule has 1 aliphatic heterocycles. The third-order valence-electron chi connectivity index (χ3n) is 3.52. The van der Waals surface area contributed by atoms with Gasteiger partial charge >= 0.3 is 0 Å². The summed E-state index contributed by atoms with van der Waals surface area (Å²) in [6, 6.07) is 6.29. The van der Waals surface area contributed by atoms with Crippen molar-refractivity contribution in [3.05, 3.63) is 29.3 Å². The molecule has 3 nitrogen and oxygen atoms in total. The van der Waals surface area contributed by atoms with Gasteiger partial charge in [0.2, 0.25) is 0 Å². The van der Waals surface area contributed by atoms with Crippen LogP contribution < -0.4 is 10.5 Å². The predicted octanol–water partition coefficient (Wildman–Crippen LogP) is 2.43. The second-order valence-corrected chi connectivity index (χ2v) is 4.72. The lowest BCUT2D eigenvalue weighted by molar-refractivity contribution is 0.0581. The topological polar surface area (TPSA) is 44.5 Å². The fraction of sp³-hybridized carbons (Fsp3) is 0.571. The van der Waals surface area contributed by atoms with Crippen LogP contribution in [-0.2, 0) is 4.74 Å². The standard InChI is InChI=1S/C14H21NO2/c1-10-3-4-12(13(9-10)16-2)14(15)11-5-7-17-8-6-11/h3-4,9,11,14H,5-8,15H2,1-2H3. The fourth-order valence-corrected chi connectivity index (χ4v) is 2.42. The Morgan fingerprint density at radius 2 is 2.06 bits per heavy atom. The Labute approximate surface area is 103 Å². The van der Waals surface area contributed by atoms with Gasteiger partial charge in [0, 0.05) is 24.8 Å². The summed E-state index contributed by atoms with van der Waals surface area (Å²) in [4.78, 5) is 0. The number of ether oxygens (including phenoxy) is 2. The summed E-state index contributed by atoms with van der Waals surface area (Å²) >= 11 is 0. The number of benzene rings is 1. The van der Waals surface area contributed by atoms with Gasteiger partial charge in [-0.15, -0.1) is 0 Å². The minimum Gasteiger partial charge on any atom is -0.496 e. The van der Waals surface area contributed by atoms with E-state index in [1.807, 2.05) is 0 Å². The van der Waals surface area contributed by atoms with Crippen LogP contribution in [0.1, 0.15) is 30.0 Å². The molecule has 17 heavy (non-hydrogen) atoms. The second-order valence-electron chi connectivity index (χ2n) is 4.72. The smallest absolute Gasteiger partial charge is 0.123 e. The Balaban J connectivity index is 2.19. The Morgan fingerprint density at radius 3 is 2.71 bits per heavy atom. The molecule has 0 aliphatic carbocycles. The predicted molar refractivity (Wildman–Crippen MR) is 68.2 cm³/mol. The SMILES string of the molecule is COc1cc(C)ccc1C(N)C1CCOCC1. The third-order valence-corrected chi connectivity index (χ3v) is 3.52. The lowest BCUT2D eigenvalue weighted by Crippen LogP contribution is -2.27. The summed E-state index contributed by atoms with van der Waals surface area (Å²) in [5, 5.41) is 0. The monoisotopic (exact) mass is 235 g/mol. The molecule has 0 spiro atoms. The van der Waals surface area contributed by atoms with Crippen molar-refractivity contribution in [2.24, 2.45) is 11.7 Å².